The molecule has 0 unspecified atom stereocenters. The number of fused-ring (bicyclic) bond motifs is 1. The fourth-order valence-electron chi connectivity index (χ4n) is 2.49. The molecule has 0 aromatic heterocycles. The number of benzene rings is 2. The van der Waals surface area contributed by atoms with Crippen LogP contribution in [0.25, 0.3) is 6.08 Å². The minimum atomic E-state index is -0.630. The van der Waals surface area contributed by atoms with Crippen LogP contribution in [0.5, 0.6) is 11.5 Å². The first-order valence-corrected chi connectivity index (χ1v) is 8.66. The van der Waals surface area contributed by atoms with Gasteiger partial charge in [0.1, 0.15) is 0 Å². The summed E-state index contributed by atoms with van der Waals surface area (Å²) in [5, 5.41) is 3.11. The van der Waals surface area contributed by atoms with Crippen molar-refractivity contribution < 1.29 is 23.8 Å². The Kier molecular flexibility index (Phi) is 5.98. The van der Waals surface area contributed by atoms with E-state index in [1.165, 1.54) is 12.2 Å². The quantitative estimate of drug-likeness (QED) is 0.608. The zero-order chi connectivity index (χ0) is 19.2. The summed E-state index contributed by atoms with van der Waals surface area (Å²) < 4.78 is 15.4. The van der Waals surface area contributed by atoms with Gasteiger partial charge in [-0.05, 0) is 41.8 Å². The van der Waals surface area contributed by atoms with Crippen LogP contribution in [0.2, 0.25) is 5.02 Å². The minimum absolute atomic E-state index is 0.113. The molecule has 1 N–H and O–H groups in total. The van der Waals surface area contributed by atoms with Gasteiger partial charge < -0.3 is 19.5 Å². The van der Waals surface area contributed by atoms with Gasteiger partial charge in [-0.15, -0.1) is 0 Å². The summed E-state index contributed by atoms with van der Waals surface area (Å²) in [5.74, 6) is 0.00813. The van der Waals surface area contributed by atoms with Crippen molar-refractivity contribution >= 4 is 29.6 Å². The minimum Gasteiger partial charge on any atom is -0.454 e. The highest BCUT2D eigenvalue weighted by atomic mass is 35.5. The van der Waals surface area contributed by atoms with Crippen LogP contribution in [0.4, 0.5) is 0 Å². The van der Waals surface area contributed by atoms with Gasteiger partial charge in [0.05, 0.1) is 5.02 Å². The molecule has 1 aliphatic rings. The highest BCUT2D eigenvalue weighted by molar-refractivity contribution is 6.32. The molecule has 2 aromatic rings. The molecule has 7 heteroatoms. The summed E-state index contributed by atoms with van der Waals surface area (Å²) in [6.45, 7) is 2.11. The number of carbonyl (C=O) groups excluding carboxylic acids is 2. The van der Waals surface area contributed by atoms with Gasteiger partial charge in [-0.2, -0.15) is 0 Å². The third kappa shape index (κ3) is 5.01. The van der Waals surface area contributed by atoms with E-state index in [1.54, 1.807) is 12.1 Å². The molecule has 2 aromatic carbocycles. The predicted molar refractivity (Wildman–Crippen MR) is 101 cm³/mol. The monoisotopic (exact) mass is 387 g/mol. The van der Waals surface area contributed by atoms with E-state index in [9.17, 15) is 9.59 Å². The maximum atomic E-state index is 11.8. The van der Waals surface area contributed by atoms with Crippen LogP contribution >= 0.6 is 11.6 Å². The zero-order valence-corrected chi connectivity index (χ0v) is 15.4. The molecule has 1 heterocycles. The SMILES string of the molecule is Cc1ccccc1CNC(=O)COC(=O)/C=C/c1cc(Cl)c2c(c1)OCO2. The lowest BCUT2D eigenvalue weighted by Gasteiger charge is -2.07. The van der Waals surface area contributed by atoms with Crippen LogP contribution in [-0.2, 0) is 20.9 Å². The van der Waals surface area contributed by atoms with Crippen molar-refractivity contribution in [3.63, 3.8) is 0 Å². The summed E-state index contributed by atoms with van der Waals surface area (Å²) in [6, 6.07) is 11.1. The fourth-order valence-corrected chi connectivity index (χ4v) is 2.76. The van der Waals surface area contributed by atoms with Crippen molar-refractivity contribution in [1.29, 1.82) is 0 Å². The van der Waals surface area contributed by atoms with Crippen LogP contribution in [0, 0.1) is 6.92 Å². The Morgan fingerprint density at radius 1 is 1.26 bits per heavy atom. The maximum absolute atomic E-state index is 11.8. The van der Waals surface area contributed by atoms with Crippen LogP contribution in [0.1, 0.15) is 16.7 Å². The van der Waals surface area contributed by atoms with Gasteiger partial charge in [-0.3, -0.25) is 4.79 Å². The van der Waals surface area contributed by atoms with Crippen molar-refractivity contribution in [2.45, 2.75) is 13.5 Å². The van der Waals surface area contributed by atoms with Crippen molar-refractivity contribution in [3.05, 3.63) is 64.2 Å². The van der Waals surface area contributed by atoms with E-state index in [1.807, 2.05) is 31.2 Å². The Hall–Kier alpha value is -2.99. The van der Waals surface area contributed by atoms with Gasteiger partial charge in [-0.25, -0.2) is 4.79 Å². The van der Waals surface area contributed by atoms with Gasteiger partial charge in [0, 0.05) is 12.6 Å². The van der Waals surface area contributed by atoms with E-state index in [2.05, 4.69) is 5.32 Å². The number of halogens is 1. The molecule has 140 valence electrons. The Morgan fingerprint density at radius 3 is 2.89 bits per heavy atom. The van der Waals surface area contributed by atoms with E-state index in [-0.39, 0.29) is 19.3 Å². The molecule has 0 aliphatic carbocycles. The second-order valence-corrected chi connectivity index (χ2v) is 6.29. The second kappa shape index (κ2) is 8.60. The molecular formula is C20H18ClNO5. The molecule has 6 nitrogen and oxygen atoms in total. The summed E-state index contributed by atoms with van der Waals surface area (Å²) in [6.07, 6.45) is 2.75. The predicted octanol–water partition coefficient (Wildman–Crippen LogP) is 3.25. The van der Waals surface area contributed by atoms with Crippen LogP contribution in [0.15, 0.2) is 42.5 Å². The van der Waals surface area contributed by atoms with Crippen LogP contribution in [-0.4, -0.2) is 25.3 Å². The molecule has 0 spiro atoms. The van der Waals surface area contributed by atoms with E-state index in [4.69, 9.17) is 25.8 Å². The number of hydrogen-bond donors (Lipinski definition) is 1. The maximum Gasteiger partial charge on any atom is 0.331 e. The lowest BCUT2D eigenvalue weighted by Crippen LogP contribution is -2.28. The fraction of sp³-hybridized carbons (Fsp3) is 0.200. The van der Waals surface area contributed by atoms with Gasteiger partial charge in [0.2, 0.25) is 6.79 Å². The molecule has 0 radical (unpaired) electrons. The normalized spacial score (nSPS) is 12.2. The Morgan fingerprint density at radius 2 is 2.07 bits per heavy atom. The third-order valence-electron chi connectivity index (χ3n) is 3.94. The number of hydrogen-bond acceptors (Lipinski definition) is 5. The molecule has 0 saturated heterocycles. The number of esters is 1. The Labute approximate surface area is 161 Å². The second-order valence-electron chi connectivity index (χ2n) is 5.88. The Bertz CT molecular complexity index is 894. The summed E-state index contributed by atoms with van der Waals surface area (Å²) >= 11 is 6.08. The number of amides is 1. The third-order valence-corrected chi connectivity index (χ3v) is 4.22. The van der Waals surface area contributed by atoms with Crippen LogP contribution < -0.4 is 14.8 Å². The van der Waals surface area contributed by atoms with E-state index in [0.29, 0.717) is 28.6 Å². The topological polar surface area (TPSA) is 73.9 Å². The lowest BCUT2D eigenvalue weighted by atomic mass is 10.1. The molecule has 3 rings (SSSR count). The molecule has 0 atom stereocenters. The first-order chi connectivity index (χ1) is 13.0. The number of rotatable bonds is 6. The molecule has 0 fully saturated rings. The van der Waals surface area contributed by atoms with E-state index in [0.717, 1.165) is 11.1 Å². The van der Waals surface area contributed by atoms with E-state index < -0.39 is 5.97 Å². The smallest absolute Gasteiger partial charge is 0.331 e. The summed E-state index contributed by atoms with van der Waals surface area (Å²) in [4.78, 5) is 23.6. The van der Waals surface area contributed by atoms with Crippen molar-refractivity contribution in [2.75, 3.05) is 13.4 Å². The van der Waals surface area contributed by atoms with Crippen LogP contribution in [0.3, 0.4) is 0 Å². The number of carbonyl (C=O) groups is 2. The van der Waals surface area contributed by atoms with E-state index >= 15 is 0 Å². The average molecular weight is 388 g/mol. The molecule has 0 bridgehead atoms. The summed E-state index contributed by atoms with van der Waals surface area (Å²) in [7, 11) is 0. The first kappa shape index (κ1) is 18.8. The first-order valence-electron chi connectivity index (χ1n) is 8.28. The number of ether oxygens (including phenoxy) is 3. The molecule has 1 amide bonds. The van der Waals surface area contributed by atoms with Gasteiger partial charge in [-0.1, -0.05) is 35.9 Å². The van der Waals surface area contributed by atoms with Crippen molar-refractivity contribution in [1.82, 2.24) is 5.32 Å². The average Bonchev–Trinajstić information content (AvgIpc) is 3.13. The van der Waals surface area contributed by atoms with Gasteiger partial charge in [0.25, 0.3) is 5.91 Å². The molecule has 0 saturated carbocycles. The van der Waals surface area contributed by atoms with Gasteiger partial charge in [0.15, 0.2) is 18.1 Å². The highest BCUT2D eigenvalue weighted by Gasteiger charge is 2.17. The standard InChI is InChI=1S/C20H18ClNO5/c1-13-4-2-3-5-15(13)10-22-18(23)11-25-19(24)7-6-14-8-16(21)20-17(9-14)26-12-27-20/h2-9H,10-12H2,1H3,(H,22,23)/b7-6+. The van der Waals surface area contributed by atoms with Gasteiger partial charge >= 0.3 is 5.97 Å². The van der Waals surface area contributed by atoms with Crippen molar-refractivity contribution in [3.8, 4) is 11.5 Å². The zero-order valence-electron chi connectivity index (χ0n) is 14.7. The Balaban J connectivity index is 1.47. The highest BCUT2D eigenvalue weighted by Crippen LogP contribution is 2.40. The number of nitrogens with one attached hydrogen (secondary N) is 1. The summed E-state index contributed by atoms with van der Waals surface area (Å²) in [5.41, 5.74) is 2.75. The number of aryl methyl sites for hydroxylation is 1. The molecule has 27 heavy (non-hydrogen) atoms. The molecule has 1 aliphatic heterocycles. The lowest BCUT2D eigenvalue weighted by molar-refractivity contribution is -0.143. The van der Waals surface area contributed by atoms with Crippen molar-refractivity contribution in [2.24, 2.45) is 0 Å². The largest absolute Gasteiger partial charge is 0.454 e. The molecular weight excluding hydrogens is 370 g/mol.